The van der Waals surface area contributed by atoms with Gasteiger partial charge < -0.3 is 15.2 Å². The summed E-state index contributed by atoms with van der Waals surface area (Å²) in [6.45, 7) is 0.624. The van der Waals surface area contributed by atoms with Crippen molar-refractivity contribution in [2.24, 2.45) is 0 Å². The van der Waals surface area contributed by atoms with Crippen LogP contribution in [0.25, 0.3) is 11.3 Å². The number of carbonyl (C=O) groups is 2. The summed E-state index contributed by atoms with van der Waals surface area (Å²) < 4.78 is 6.23. The van der Waals surface area contributed by atoms with Gasteiger partial charge in [0.1, 0.15) is 5.69 Å². The quantitative estimate of drug-likeness (QED) is 0.722. The van der Waals surface area contributed by atoms with E-state index in [1.54, 1.807) is 6.07 Å². The second-order valence-electron chi connectivity index (χ2n) is 5.78. The van der Waals surface area contributed by atoms with Crippen LogP contribution in [0.1, 0.15) is 23.3 Å². The Hall–Kier alpha value is -2.19. The first-order valence-corrected chi connectivity index (χ1v) is 8.20. The Morgan fingerprint density at radius 3 is 2.75 bits per heavy atom. The van der Waals surface area contributed by atoms with Crippen LogP contribution in [0.2, 0.25) is 0 Å². The first kappa shape index (κ1) is 16.7. The highest BCUT2D eigenvalue weighted by Crippen LogP contribution is 2.24. The number of amides is 1. The fourth-order valence-electron chi connectivity index (χ4n) is 2.69. The fraction of sp³-hybridized carbons (Fsp3) is 0.312. The number of H-pyrrole nitrogens is 1. The lowest BCUT2D eigenvalue weighted by Gasteiger charge is -2.26. The Labute approximate surface area is 146 Å². The van der Waals surface area contributed by atoms with Crippen LogP contribution in [0.4, 0.5) is 0 Å². The van der Waals surface area contributed by atoms with Gasteiger partial charge in [0.2, 0.25) is 0 Å². The lowest BCUT2D eigenvalue weighted by atomic mass is 9.94. The molecular formula is C16H16BrN3O4. The minimum Gasteiger partial charge on any atom is -0.481 e. The largest absolute Gasteiger partial charge is 0.481 e. The molecule has 1 aromatic heterocycles. The van der Waals surface area contributed by atoms with Crippen molar-refractivity contribution in [3.05, 3.63) is 40.5 Å². The molecule has 1 aliphatic heterocycles. The molecule has 1 aliphatic rings. The van der Waals surface area contributed by atoms with Gasteiger partial charge in [0.25, 0.3) is 5.91 Å². The summed E-state index contributed by atoms with van der Waals surface area (Å²) in [6.07, 6.45) is 0.297. The SMILES string of the molecule is O=C(O)CC1(NC(=O)c2cc(-c3ccc(Br)cc3)n[nH]2)CCOC1. The molecule has 1 saturated heterocycles. The monoisotopic (exact) mass is 393 g/mol. The van der Waals surface area contributed by atoms with Crippen molar-refractivity contribution in [2.45, 2.75) is 18.4 Å². The van der Waals surface area contributed by atoms with Gasteiger partial charge in [-0.2, -0.15) is 5.10 Å². The number of benzene rings is 1. The molecular weight excluding hydrogens is 378 g/mol. The van der Waals surface area contributed by atoms with Crippen molar-refractivity contribution in [1.29, 1.82) is 0 Å². The van der Waals surface area contributed by atoms with E-state index in [4.69, 9.17) is 9.84 Å². The number of hydrogen-bond acceptors (Lipinski definition) is 4. The Balaban J connectivity index is 1.75. The molecule has 2 heterocycles. The summed E-state index contributed by atoms with van der Waals surface area (Å²) in [6, 6.07) is 9.20. The molecule has 1 aromatic carbocycles. The molecule has 1 unspecified atom stereocenters. The highest BCUT2D eigenvalue weighted by Gasteiger charge is 2.39. The molecule has 0 aliphatic carbocycles. The number of carbonyl (C=O) groups excluding carboxylic acids is 1. The van der Waals surface area contributed by atoms with Crippen LogP contribution in [0.15, 0.2) is 34.8 Å². The predicted octanol–water partition coefficient (Wildman–Crippen LogP) is 2.20. The average molecular weight is 394 g/mol. The minimum atomic E-state index is -0.971. The Kier molecular flexibility index (Phi) is 4.68. The van der Waals surface area contributed by atoms with Gasteiger partial charge >= 0.3 is 5.97 Å². The smallest absolute Gasteiger partial charge is 0.305 e. The zero-order valence-corrected chi connectivity index (χ0v) is 14.3. The third-order valence-electron chi connectivity index (χ3n) is 3.93. The summed E-state index contributed by atoms with van der Waals surface area (Å²) in [4.78, 5) is 23.5. The summed E-state index contributed by atoms with van der Waals surface area (Å²) >= 11 is 3.37. The summed E-state index contributed by atoms with van der Waals surface area (Å²) in [7, 11) is 0. The first-order chi connectivity index (χ1) is 11.5. The molecule has 7 nitrogen and oxygen atoms in total. The maximum Gasteiger partial charge on any atom is 0.305 e. The highest BCUT2D eigenvalue weighted by atomic mass is 79.9. The van der Waals surface area contributed by atoms with Crippen LogP contribution in [-0.2, 0) is 9.53 Å². The van der Waals surface area contributed by atoms with Crippen molar-refractivity contribution in [3.8, 4) is 11.3 Å². The van der Waals surface area contributed by atoms with Crippen LogP contribution in [0.5, 0.6) is 0 Å². The second kappa shape index (κ2) is 6.74. The van der Waals surface area contributed by atoms with E-state index in [1.807, 2.05) is 24.3 Å². The molecule has 1 atom stereocenters. The van der Waals surface area contributed by atoms with Crippen molar-refractivity contribution < 1.29 is 19.4 Å². The number of ether oxygens (including phenoxy) is 1. The maximum absolute atomic E-state index is 12.4. The molecule has 0 spiro atoms. The number of aromatic nitrogens is 2. The Bertz CT molecular complexity index is 751. The van der Waals surface area contributed by atoms with Gasteiger partial charge in [-0.25, -0.2) is 0 Å². The molecule has 2 aromatic rings. The molecule has 8 heteroatoms. The molecule has 3 N–H and O–H groups in total. The number of rotatable bonds is 5. The van der Waals surface area contributed by atoms with Gasteiger partial charge in [-0.05, 0) is 24.6 Å². The van der Waals surface area contributed by atoms with Crippen molar-refractivity contribution in [3.63, 3.8) is 0 Å². The normalized spacial score (nSPS) is 20.0. The van der Waals surface area contributed by atoms with Crippen LogP contribution < -0.4 is 5.32 Å². The van der Waals surface area contributed by atoms with Crippen molar-refractivity contribution in [2.75, 3.05) is 13.2 Å². The summed E-state index contributed by atoms with van der Waals surface area (Å²) in [5.74, 6) is -1.36. The topological polar surface area (TPSA) is 104 Å². The first-order valence-electron chi connectivity index (χ1n) is 7.41. The molecule has 1 amide bonds. The number of nitrogens with one attached hydrogen (secondary N) is 2. The third kappa shape index (κ3) is 3.65. The van der Waals surface area contributed by atoms with E-state index in [-0.39, 0.29) is 18.7 Å². The third-order valence-corrected chi connectivity index (χ3v) is 4.46. The standard InChI is InChI=1S/C16H16BrN3O4/c17-11-3-1-10(2-4-11)12-7-13(20-19-12)15(23)18-16(8-14(21)22)5-6-24-9-16/h1-4,7H,5-6,8-9H2,(H,18,23)(H,19,20)(H,21,22). The van der Waals surface area contributed by atoms with Gasteiger partial charge in [-0.3, -0.25) is 14.7 Å². The van der Waals surface area contributed by atoms with Gasteiger partial charge in [0.15, 0.2) is 0 Å². The molecule has 0 saturated carbocycles. The van der Waals surface area contributed by atoms with Crippen LogP contribution in [-0.4, -0.2) is 45.9 Å². The van der Waals surface area contributed by atoms with E-state index >= 15 is 0 Å². The second-order valence-corrected chi connectivity index (χ2v) is 6.70. The molecule has 3 rings (SSSR count). The van der Waals surface area contributed by atoms with E-state index in [0.29, 0.717) is 18.7 Å². The van der Waals surface area contributed by atoms with Crippen molar-refractivity contribution in [1.82, 2.24) is 15.5 Å². The lowest BCUT2D eigenvalue weighted by Crippen LogP contribution is -2.50. The number of carboxylic acid groups (broad SMARTS) is 1. The Morgan fingerprint density at radius 2 is 2.12 bits per heavy atom. The average Bonchev–Trinajstić information content (AvgIpc) is 3.17. The molecule has 24 heavy (non-hydrogen) atoms. The minimum absolute atomic E-state index is 0.174. The molecule has 0 bridgehead atoms. The molecule has 1 fully saturated rings. The van der Waals surface area contributed by atoms with E-state index in [9.17, 15) is 9.59 Å². The summed E-state index contributed by atoms with van der Waals surface area (Å²) in [5, 5.41) is 18.7. The number of halogens is 1. The lowest BCUT2D eigenvalue weighted by molar-refractivity contribution is -0.138. The predicted molar refractivity (Wildman–Crippen MR) is 89.6 cm³/mol. The van der Waals surface area contributed by atoms with E-state index in [2.05, 4.69) is 31.4 Å². The van der Waals surface area contributed by atoms with Crippen LogP contribution >= 0.6 is 15.9 Å². The zero-order valence-electron chi connectivity index (χ0n) is 12.7. The number of nitrogens with zero attached hydrogens (tertiary/aromatic N) is 1. The Morgan fingerprint density at radius 1 is 1.38 bits per heavy atom. The van der Waals surface area contributed by atoms with Gasteiger partial charge in [-0.1, -0.05) is 28.1 Å². The molecule has 0 radical (unpaired) electrons. The van der Waals surface area contributed by atoms with Gasteiger partial charge in [-0.15, -0.1) is 0 Å². The van der Waals surface area contributed by atoms with E-state index in [0.717, 1.165) is 10.0 Å². The van der Waals surface area contributed by atoms with Crippen molar-refractivity contribution >= 4 is 27.8 Å². The number of aromatic amines is 1. The number of aliphatic carboxylic acids is 1. The highest BCUT2D eigenvalue weighted by molar-refractivity contribution is 9.10. The van der Waals surface area contributed by atoms with Gasteiger partial charge in [0, 0.05) is 16.6 Å². The fourth-order valence-corrected chi connectivity index (χ4v) is 2.96. The summed E-state index contributed by atoms with van der Waals surface area (Å²) in [5.41, 5.74) is 0.927. The maximum atomic E-state index is 12.4. The van der Waals surface area contributed by atoms with Gasteiger partial charge in [0.05, 0.1) is 24.3 Å². The van der Waals surface area contributed by atoms with Crippen LogP contribution in [0.3, 0.4) is 0 Å². The van der Waals surface area contributed by atoms with E-state index < -0.39 is 17.4 Å². The zero-order chi connectivity index (χ0) is 17.2. The number of carboxylic acids is 1. The molecule has 126 valence electrons. The van der Waals surface area contributed by atoms with Crippen LogP contribution in [0, 0.1) is 0 Å². The van der Waals surface area contributed by atoms with E-state index in [1.165, 1.54) is 0 Å². The number of hydrogen-bond donors (Lipinski definition) is 3.